The molecule has 3 rings (SSSR count). The van der Waals surface area contributed by atoms with Crippen LogP contribution in [0.25, 0.3) is 5.69 Å². The Morgan fingerprint density at radius 1 is 1.15 bits per heavy atom. The van der Waals surface area contributed by atoms with Gasteiger partial charge >= 0.3 is 6.18 Å². The highest BCUT2D eigenvalue weighted by Crippen LogP contribution is 2.30. The fourth-order valence-corrected chi connectivity index (χ4v) is 2.62. The van der Waals surface area contributed by atoms with Crippen LogP contribution >= 0.6 is 11.6 Å². The monoisotopic (exact) mass is 394 g/mol. The van der Waals surface area contributed by atoms with Crippen LogP contribution in [-0.4, -0.2) is 20.7 Å². The van der Waals surface area contributed by atoms with Crippen LogP contribution in [0.5, 0.6) is 0 Å². The van der Waals surface area contributed by atoms with Crippen LogP contribution in [0.4, 0.5) is 13.2 Å². The Morgan fingerprint density at radius 3 is 2.63 bits per heavy atom. The van der Waals surface area contributed by atoms with Crippen molar-refractivity contribution in [2.75, 3.05) is 0 Å². The van der Waals surface area contributed by atoms with E-state index >= 15 is 0 Å². The van der Waals surface area contributed by atoms with Crippen molar-refractivity contribution < 1.29 is 18.0 Å². The molecule has 3 aromatic rings. The van der Waals surface area contributed by atoms with Gasteiger partial charge in [-0.15, -0.1) is 0 Å². The van der Waals surface area contributed by atoms with Gasteiger partial charge < -0.3 is 5.32 Å². The first kappa shape index (κ1) is 18.9. The molecule has 5 nitrogen and oxygen atoms in total. The maximum absolute atomic E-state index is 13.1. The first-order chi connectivity index (χ1) is 12.8. The molecule has 2 aromatic heterocycles. The molecule has 0 aliphatic carbocycles. The number of nitrogens with one attached hydrogen (secondary N) is 1. The highest BCUT2D eigenvalue weighted by Gasteiger charge is 2.35. The Kier molecular flexibility index (Phi) is 5.46. The second-order valence-electron chi connectivity index (χ2n) is 5.68. The van der Waals surface area contributed by atoms with Crippen LogP contribution in [-0.2, 0) is 23.9 Å². The van der Waals surface area contributed by atoms with Gasteiger partial charge in [-0.3, -0.25) is 9.78 Å². The Labute approximate surface area is 157 Å². The molecule has 0 aliphatic rings. The number of halogens is 4. The molecule has 140 valence electrons. The fraction of sp³-hybridized carbons (Fsp3) is 0.167. The van der Waals surface area contributed by atoms with Gasteiger partial charge in [-0.05, 0) is 36.4 Å². The molecule has 0 radical (unpaired) electrons. The van der Waals surface area contributed by atoms with E-state index in [9.17, 15) is 18.0 Å². The molecular weight excluding hydrogens is 381 g/mol. The second-order valence-corrected chi connectivity index (χ2v) is 6.12. The van der Waals surface area contributed by atoms with Gasteiger partial charge in [0.2, 0.25) is 5.91 Å². The molecule has 0 unspecified atom stereocenters. The van der Waals surface area contributed by atoms with E-state index in [-0.39, 0.29) is 24.6 Å². The standard InChI is InChI=1S/C18H14ClF3N4O/c19-12-4-3-6-14(8-12)26-15(10-16(25-26)18(20,21)22)11-24-17(27)9-13-5-1-2-7-23-13/h1-8,10H,9,11H2,(H,24,27). The van der Waals surface area contributed by atoms with Crippen molar-refractivity contribution in [3.8, 4) is 5.69 Å². The van der Waals surface area contributed by atoms with E-state index in [0.717, 1.165) is 10.7 Å². The Bertz CT molecular complexity index is 941. The van der Waals surface area contributed by atoms with Gasteiger partial charge in [0.15, 0.2) is 5.69 Å². The zero-order valence-electron chi connectivity index (χ0n) is 13.9. The summed E-state index contributed by atoms with van der Waals surface area (Å²) in [6.07, 6.45) is -3.01. The van der Waals surface area contributed by atoms with Gasteiger partial charge in [-0.25, -0.2) is 4.68 Å². The van der Waals surface area contributed by atoms with E-state index in [1.807, 2.05) is 0 Å². The van der Waals surface area contributed by atoms with Crippen LogP contribution in [0.3, 0.4) is 0 Å². The van der Waals surface area contributed by atoms with E-state index in [2.05, 4.69) is 15.4 Å². The maximum Gasteiger partial charge on any atom is 0.435 e. The fourth-order valence-electron chi connectivity index (χ4n) is 2.43. The van der Waals surface area contributed by atoms with Gasteiger partial charge in [-0.2, -0.15) is 18.3 Å². The SMILES string of the molecule is O=C(Cc1ccccn1)NCc1cc(C(F)(F)F)nn1-c1cccc(Cl)c1. The number of nitrogens with zero attached hydrogens (tertiary/aromatic N) is 3. The summed E-state index contributed by atoms with van der Waals surface area (Å²) in [5.41, 5.74) is 0.0664. The zero-order chi connectivity index (χ0) is 19.4. The molecule has 0 aliphatic heterocycles. The molecule has 0 bridgehead atoms. The van der Waals surface area contributed by atoms with E-state index in [0.29, 0.717) is 16.4 Å². The van der Waals surface area contributed by atoms with Gasteiger partial charge in [-0.1, -0.05) is 23.7 Å². The number of hydrogen-bond acceptors (Lipinski definition) is 3. The number of aromatic nitrogens is 3. The lowest BCUT2D eigenvalue weighted by Crippen LogP contribution is -2.26. The first-order valence-electron chi connectivity index (χ1n) is 7.91. The number of hydrogen-bond donors (Lipinski definition) is 1. The van der Waals surface area contributed by atoms with Crippen LogP contribution < -0.4 is 5.32 Å². The maximum atomic E-state index is 13.1. The van der Waals surface area contributed by atoms with Crippen molar-refractivity contribution in [3.63, 3.8) is 0 Å². The number of rotatable bonds is 5. The Hall–Kier alpha value is -2.87. The summed E-state index contributed by atoms with van der Waals surface area (Å²) >= 11 is 5.92. The minimum absolute atomic E-state index is 0.0261. The lowest BCUT2D eigenvalue weighted by molar-refractivity contribution is -0.141. The van der Waals surface area contributed by atoms with Gasteiger partial charge in [0, 0.05) is 16.9 Å². The predicted octanol–water partition coefficient (Wildman–Crippen LogP) is 3.80. The van der Waals surface area contributed by atoms with E-state index in [1.165, 1.54) is 6.07 Å². The molecule has 9 heteroatoms. The first-order valence-corrected chi connectivity index (χ1v) is 8.29. The molecular formula is C18H14ClF3N4O. The average Bonchev–Trinajstić information content (AvgIpc) is 3.05. The van der Waals surface area contributed by atoms with Crippen LogP contribution in [0, 0.1) is 0 Å². The predicted molar refractivity (Wildman–Crippen MR) is 93.4 cm³/mol. The summed E-state index contributed by atoms with van der Waals surface area (Å²) < 4.78 is 40.3. The lowest BCUT2D eigenvalue weighted by atomic mass is 10.2. The van der Waals surface area contributed by atoms with Gasteiger partial charge in [0.1, 0.15) is 0 Å². The molecule has 27 heavy (non-hydrogen) atoms. The molecule has 1 amide bonds. The average molecular weight is 395 g/mol. The molecule has 2 heterocycles. The van der Waals surface area contributed by atoms with E-state index in [1.54, 1.807) is 42.6 Å². The van der Waals surface area contributed by atoms with Crippen molar-refractivity contribution >= 4 is 17.5 Å². The van der Waals surface area contributed by atoms with E-state index < -0.39 is 11.9 Å². The van der Waals surface area contributed by atoms with Crippen LogP contribution in [0.1, 0.15) is 17.1 Å². The normalized spacial score (nSPS) is 11.4. The third-order valence-electron chi connectivity index (χ3n) is 3.66. The molecule has 0 spiro atoms. The number of carbonyl (C=O) groups excluding carboxylic acids is 1. The Morgan fingerprint density at radius 2 is 1.96 bits per heavy atom. The van der Waals surface area contributed by atoms with Crippen molar-refractivity contribution in [1.29, 1.82) is 0 Å². The number of carbonyl (C=O) groups is 1. The molecule has 0 fully saturated rings. The topological polar surface area (TPSA) is 59.8 Å². The quantitative estimate of drug-likeness (QED) is 0.716. The summed E-state index contributed by atoms with van der Waals surface area (Å²) in [6.45, 7) is -0.124. The number of alkyl halides is 3. The third-order valence-corrected chi connectivity index (χ3v) is 3.90. The summed E-state index contributed by atoms with van der Waals surface area (Å²) in [6, 6.07) is 12.4. The molecule has 1 aromatic carbocycles. The summed E-state index contributed by atoms with van der Waals surface area (Å²) in [5, 5.41) is 6.58. The van der Waals surface area contributed by atoms with Gasteiger partial charge in [0.25, 0.3) is 0 Å². The van der Waals surface area contributed by atoms with Crippen molar-refractivity contribution in [2.24, 2.45) is 0 Å². The highest BCUT2D eigenvalue weighted by atomic mass is 35.5. The summed E-state index contributed by atoms with van der Waals surface area (Å²) in [7, 11) is 0. The minimum Gasteiger partial charge on any atom is -0.350 e. The van der Waals surface area contributed by atoms with E-state index in [4.69, 9.17) is 11.6 Å². The Balaban J connectivity index is 1.81. The van der Waals surface area contributed by atoms with Crippen molar-refractivity contribution in [2.45, 2.75) is 19.1 Å². The molecule has 0 atom stereocenters. The second kappa shape index (κ2) is 7.79. The number of amides is 1. The van der Waals surface area contributed by atoms with Crippen molar-refractivity contribution in [3.05, 3.63) is 76.8 Å². The zero-order valence-corrected chi connectivity index (χ0v) is 14.6. The third kappa shape index (κ3) is 4.85. The summed E-state index contributed by atoms with van der Waals surface area (Å²) in [4.78, 5) is 16.1. The largest absolute Gasteiger partial charge is 0.435 e. The number of benzene rings is 1. The lowest BCUT2D eigenvalue weighted by Gasteiger charge is -2.09. The number of pyridine rings is 1. The van der Waals surface area contributed by atoms with Crippen LogP contribution in [0.2, 0.25) is 5.02 Å². The van der Waals surface area contributed by atoms with Crippen LogP contribution in [0.15, 0.2) is 54.7 Å². The highest BCUT2D eigenvalue weighted by molar-refractivity contribution is 6.30. The minimum atomic E-state index is -4.60. The summed E-state index contributed by atoms with van der Waals surface area (Å²) in [5.74, 6) is -0.360. The van der Waals surface area contributed by atoms with Crippen molar-refractivity contribution in [1.82, 2.24) is 20.1 Å². The van der Waals surface area contributed by atoms with Gasteiger partial charge in [0.05, 0.1) is 24.3 Å². The smallest absolute Gasteiger partial charge is 0.350 e. The molecule has 0 saturated carbocycles. The molecule has 0 saturated heterocycles. The molecule has 1 N–H and O–H groups in total.